The molecular weight excluding hydrogens is 334 g/mol. The summed E-state index contributed by atoms with van der Waals surface area (Å²) in [5.41, 5.74) is 2.78. The molecule has 0 fully saturated rings. The predicted octanol–water partition coefficient (Wildman–Crippen LogP) is 5.17. The zero-order chi connectivity index (χ0) is 14.5. The van der Waals surface area contributed by atoms with Crippen molar-refractivity contribution in [3.63, 3.8) is 0 Å². The molecule has 2 aromatic carbocycles. The number of hydrogen-bond acceptors (Lipinski definition) is 1. The van der Waals surface area contributed by atoms with Gasteiger partial charge in [0.1, 0.15) is 0 Å². The lowest BCUT2D eigenvalue weighted by molar-refractivity contribution is 0.351. The molecule has 0 spiro atoms. The van der Waals surface area contributed by atoms with Crippen molar-refractivity contribution in [2.45, 2.75) is 18.4 Å². The van der Waals surface area contributed by atoms with Crippen LogP contribution in [0.4, 0.5) is 0 Å². The second kappa shape index (κ2) is 8.00. The summed E-state index contributed by atoms with van der Waals surface area (Å²) in [5, 5.41) is 0. The Bertz CT molecular complexity index is 579. The highest BCUT2D eigenvalue weighted by Gasteiger charge is 2.20. The lowest BCUT2D eigenvalue weighted by atomic mass is 9.85. The SMILES string of the molecule is Br.CN1C=CC=CC1CC(c1ccccc1)c1ccccc1. The molecule has 2 heteroatoms. The molecule has 0 saturated heterocycles. The predicted molar refractivity (Wildman–Crippen MR) is 99.5 cm³/mol. The van der Waals surface area contributed by atoms with Gasteiger partial charge in [-0.25, -0.2) is 0 Å². The van der Waals surface area contributed by atoms with Gasteiger partial charge in [-0.2, -0.15) is 0 Å². The van der Waals surface area contributed by atoms with Gasteiger partial charge in [0.2, 0.25) is 0 Å². The van der Waals surface area contributed by atoms with Gasteiger partial charge in [-0.3, -0.25) is 0 Å². The summed E-state index contributed by atoms with van der Waals surface area (Å²) in [6.07, 6.45) is 9.77. The molecular formula is C20H22BrN. The minimum Gasteiger partial charge on any atom is -0.374 e. The third kappa shape index (κ3) is 3.89. The number of nitrogens with zero attached hydrogens (tertiary/aromatic N) is 1. The molecule has 114 valence electrons. The minimum atomic E-state index is 0. The highest BCUT2D eigenvalue weighted by atomic mass is 79.9. The summed E-state index contributed by atoms with van der Waals surface area (Å²) in [6, 6.07) is 22.1. The lowest BCUT2D eigenvalue weighted by Crippen LogP contribution is -2.28. The maximum absolute atomic E-state index is 2.29. The summed E-state index contributed by atoms with van der Waals surface area (Å²) in [5.74, 6) is 0.427. The molecule has 0 radical (unpaired) electrons. The van der Waals surface area contributed by atoms with Crippen LogP contribution in [0.1, 0.15) is 23.5 Å². The molecule has 2 aromatic rings. The first-order valence-corrected chi connectivity index (χ1v) is 7.51. The van der Waals surface area contributed by atoms with Crippen LogP contribution in [0.3, 0.4) is 0 Å². The van der Waals surface area contributed by atoms with Crippen LogP contribution in [0, 0.1) is 0 Å². The van der Waals surface area contributed by atoms with Crippen molar-refractivity contribution in [3.8, 4) is 0 Å². The van der Waals surface area contributed by atoms with Gasteiger partial charge in [-0.15, -0.1) is 17.0 Å². The van der Waals surface area contributed by atoms with Gasteiger partial charge in [0.15, 0.2) is 0 Å². The van der Waals surface area contributed by atoms with Crippen LogP contribution in [0.2, 0.25) is 0 Å². The first-order valence-electron chi connectivity index (χ1n) is 7.51. The molecule has 1 aliphatic heterocycles. The summed E-state index contributed by atoms with van der Waals surface area (Å²) in [4.78, 5) is 2.29. The topological polar surface area (TPSA) is 3.24 Å². The fourth-order valence-corrected chi connectivity index (χ4v) is 2.95. The minimum absolute atomic E-state index is 0. The van der Waals surface area contributed by atoms with Crippen molar-refractivity contribution in [2.24, 2.45) is 0 Å². The van der Waals surface area contributed by atoms with E-state index >= 15 is 0 Å². The number of hydrogen-bond donors (Lipinski definition) is 0. The molecule has 0 aliphatic carbocycles. The molecule has 0 aromatic heterocycles. The Morgan fingerprint density at radius 1 is 0.864 bits per heavy atom. The standard InChI is InChI=1S/C20H21N.BrH/c1-21-15-9-8-14-19(21)16-20(17-10-4-2-5-11-17)18-12-6-3-7-13-18;/h2-15,19-20H,16H2,1H3;1H. The molecule has 1 aliphatic rings. The van der Waals surface area contributed by atoms with E-state index in [4.69, 9.17) is 0 Å². The third-order valence-corrected chi connectivity index (χ3v) is 4.17. The van der Waals surface area contributed by atoms with Gasteiger partial charge in [0, 0.05) is 19.0 Å². The van der Waals surface area contributed by atoms with Crippen LogP contribution in [0.25, 0.3) is 0 Å². The maximum Gasteiger partial charge on any atom is 0.0476 e. The van der Waals surface area contributed by atoms with Crippen molar-refractivity contribution >= 4 is 17.0 Å². The first kappa shape index (κ1) is 16.6. The van der Waals surface area contributed by atoms with E-state index in [1.54, 1.807) is 0 Å². The smallest absolute Gasteiger partial charge is 0.0476 e. The van der Waals surface area contributed by atoms with Gasteiger partial charge >= 0.3 is 0 Å². The lowest BCUT2D eigenvalue weighted by Gasteiger charge is -2.30. The highest BCUT2D eigenvalue weighted by molar-refractivity contribution is 8.93. The zero-order valence-electron chi connectivity index (χ0n) is 12.8. The average Bonchev–Trinajstić information content (AvgIpc) is 2.56. The summed E-state index contributed by atoms with van der Waals surface area (Å²) in [6.45, 7) is 0. The largest absolute Gasteiger partial charge is 0.374 e. The van der Waals surface area contributed by atoms with Gasteiger partial charge in [0.05, 0.1) is 0 Å². The van der Waals surface area contributed by atoms with Gasteiger partial charge in [-0.1, -0.05) is 72.8 Å². The molecule has 0 N–H and O–H groups in total. The number of likely N-dealkylation sites (N-methyl/N-ethyl adjacent to an activating group) is 1. The van der Waals surface area contributed by atoms with Gasteiger partial charge in [0.25, 0.3) is 0 Å². The Hall–Kier alpha value is -1.80. The van der Waals surface area contributed by atoms with Crippen molar-refractivity contribution in [2.75, 3.05) is 7.05 Å². The molecule has 3 rings (SSSR count). The van der Waals surface area contributed by atoms with Crippen LogP contribution in [0.5, 0.6) is 0 Å². The molecule has 1 nitrogen and oxygen atoms in total. The Labute approximate surface area is 143 Å². The van der Waals surface area contributed by atoms with Crippen LogP contribution < -0.4 is 0 Å². The quantitative estimate of drug-likeness (QED) is 0.731. The van der Waals surface area contributed by atoms with Crippen molar-refractivity contribution < 1.29 is 0 Å². The summed E-state index contributed by atoms with van der Waals surface area (Å²) >= 11 is 0. The summed E-state index contributed by atoms with van der Waals surface area (Å²) in [7, 11) is 2.15. The highest BCUT2D eigenvalue weighted by Crippen LogP contribution is 2.31. The van der Waals surface area contributed by atoms with E-state index in [1.807, 2.05) is 0 Å². The van der Waals surface area contributed by atoms with Crippen molar-refractivity contribution in [1.29, 1.82) is 0 Å². The van der Waals surface area contributed by atoms with Crippen LogP contribution in [0.15, 0.2) is 85.1 Å². The third-order valence-electron chi connectivity index (χ3n) is 4.17. The second-order valence-electron chi connectivity index (χ2n) is 5.57. The van der Waals surface area contributed by atoms with E-state index in [9.17, 15) is 0 Å². The van der Waals surface area contributed by atoms with Crippen LogP contribution in [-0.2, 0) is 0 Å². The van der Waals surface area contributed by atoms with E-state index in [2.05, 4.69) is 97.0 Å². The zero-order valence-corrected chi connectivity index (χ0v) is 14.5. The van der Waals surface area contributed by atoms with E-state index in [0.717, 1.165) is 6.42 Å². The van der Waals surface area contributed by atoms with Crippen LogP contribution in [-0.4, -0.2) is 18.0 Å². The van der Waals surface area contributed by atoms with E-state index in [0.29, 0.717) is 12.0 Å². The number of halogens is 1. The van der Waals surface area contributed by atoms with Crippen molar-refractivity contribution in [1.82, 2.24) is 4.90 Å². The Morgan fingerprint density at radius 2 is 1.41 bits per heavy atom. The Balaban J connectivity index is 0.00000176. The Morgan fingerprint density at radius 3 is 1.91 bits per heavy atom. The fraction of sp³-hybridized carbons (Fsp3) is 0.200. The maximum atomic E-state index is 2.29. The molecule has 1 atom stereocenters. The number of rotatable bonds is 4. The monoisotopic (exact) mass is 355 g/mol. The Kier molecular flexibility index (Phi) is 6.02. The van der Waals surface area contributed by atoms with Crippen LogP contribution >= 0.6 is 17.0 Å². The molecule has 1 unspecified atom stereocenters. The van der Waals surface area contributed by atoms with Gasteiger partial charge in [-0.05, 0) is 29.8 Å². The second-order valence-corrected chi connectivity index (χ2v) is 5.57. The molecule has 0 amide bonds. The number of allylic oxidation sites excluding steroid dienone is 2. The average molecular weight is 356 g/mol. The van der Waals surface area contributed by atoms with E-state index in [1.165, 1.54) is 11.1 Å². The first-order chi connectivity index (χ1) is 10.3. The molecule has 0 saturated carbocycles. The normalized spacial score (nSPS) is 16.6. The molecule has 1 heterocycles. The summed E-state index contributed by atoms with van der Waals surface area (Å²) < 4.78 is 0. The number of benzene rings is 2. The van der Waals surface area contributed by atoms with Crippen molar-refractivity contribution in [3.05, 3.63) is 96.2 Å². The van der Waals surface area contributed by atoms with E-state index in [-0.39, 0.29) is 17.0 Å². The van der Waals surface area contributed by atoms with Gasteiger partial charge < -0.3 is 4.90 Å². The van der Waals surface area contributed by atoms with E-state index < -0.39 is 0 Å². The fourth-order valence-electron chi connectivity index (χ4n) is 2.95. The molecule has 22 heavy (non-hydrogen) atoms. The molecule has 0 bridgehead atoms.